The fourth-order valence-electron chi connectivity index (χ4n) is 4.96. The van der Waals surface area contributed by atoms with Crippen LogP contribution in [0.25, 0.3) is 10.9 Å². The van der Waals surface area contributed by atoms with Crippen LogP contribution >= 0.6 is 0 Å². The van der Waals surface area contributed by atoms with Gasteiger partial charge in [-0.2, -0.15) is 5.26 Å². The molecule has 178 valence electrons. The summed E-state index contributed by atoms with van der Waals surface area (Å²) in [5.74, 6) is -0.474. The number of aromatic nitrogens is 2. The number of nitrogens with zero attached hydrogens (tertiary/aromatic N) is 3. The Balaban J connectivity index is 1.48. The lowest BCUT2D eigenvalue weighted by atomic mass is 9.91. The first-order valence-electron chi connectivity index (χ1n) is 11.6. The first-order chi connectivity index (χ1) is 16.9. The number of rotatable bonds is 7. The van der Waals surface area contributed by atoms with E-state index in [1.807, 2.05) is 18.3 Å². The van der Waals surface area contributed by atoms with Gasteiger partial charge in [0, 0.05) is 41.6 Å². The third kappa shape index (κ3) is 4.83. The molecule has 1 atom stereocenters. The summed E-state index contributed by atoms with van der Waals surface area (Å²) in [4.78, 5) is 4.26. The van der Waals surface area contributed by atoms with Gasteiger partial charge in [0.15, 0.2) is 0 Å². The number of pyridine rings is 1. The van der Waals surface area contributed by atoms with E-state index in [9.17, 15) is 18.1 Å². The number of fused-ring (bicyclic) bond motifs is 3. The summed E-state index contributed by atoms with van der Waals surface area (Å²) in [6, 6.07) is 17.2. The zero-order valence-electron chi connectivity index (χ0n) is 19.1. The molecule has 8 heteroatoms. The fourth-order valence-corrected chi connectivity index (χ4v) is 6.23. The lowest BCUT2D eigenvalue weighted by molar-refractivity contribution is 0.496. The molecule has 0 amide bonds. The summed E-state index contributed by atoms with van der Waals surface area (Å²) in [7, 11) is -3.76. The van der Waals surface area contributed by atoms with Crippen LogP contribution in [0.3, 0.4) is 0 Å². The van der Waals surface area contributed by atoms with Crippen LogP contribution in [0.1, 0.15) is 35.2 Å². The minimum atomic E-state index is -3.76. The smallest absolute Gasteiger partial charge is 0.240 e. The molecule has 0 saturated heterocycles. The maximum absolute atomic E-state index is 13.3. The second kappa shape index (κ2) is 9.61. The van der Waals surface area contributed by atoms with Crippen molar-refractivity contribution in [3.8, 4) is 6.07 Å². The molecule has 35 heavy (non-hydrogen) atoms. The molecule has 1 aliphatic carbocycles. The van der Waals surface area contributed by atoms with Gasteiger partial charge in [-0.15, -0.1) is 0 Å². The van der Waals surface area contributed by atoms with Crippen molar-refractivity contribution in [1.29, 1.82) is 5.26 Å². The van der Waals surface area contributed by atoms with Crippen molar-refractivity contribution >= 4 is 20.9 Å². The Morgan fingerprint density at radius 1 is 1.14 bits per heavy atom. The van der Waals surface area contributed by atoms with Crippen LogP contribution in [-0.4, -0.2) is 24.0 Å². The summed E-state index contributed by atoms with van der Waals surface area (Å²) in [5.41, 5.74) is 5.64. The van der Waals surface area contributed by atoms with Crippen molar-refractivity contribution < 1.29 is 12.8 Å². The first-order valence-corrected chi connectivity index (χ1v) is 13.1. The van der Waals surface area contributed by atoms with E-state index in [-0.39, 0.29) is 10.9 Å². The van der Waals surface area contributed by atoms with Crippen molar-refractivity contribution in [2.24, 2.45) is 0 Å². The molecule has 1 unspecified atom stereocenters. The minimum absolute atomic E-state index is 0.0555. The standard InChI is InChI=1S/C27H25FN4O2S/c28-21-5-8-23(9-6-21)35(33,34)31-22-7-11-27-25(17-22)24-16-19(15-20-3-1-13-30-18-20)4-10-26(24)32(27)14-2-12-29/h1,3-6,8-10,13,16,18,22,31H,2,7,11,14-15,17H2. The van der Waals surface area contributed by atoms with Crippen LogP contribution in [-0.2, 0) is 35.8 Å². The van der Waals surface area contributed by atoms with Gasteiger partial charge in [0.25, 0.3) is 0 Å². The van der Waals surface area contributed by atoms with Gasteiger partial charge in [-0.05, 0) is 84.8 Å². The Hall–Kier alpha value is -3.54. The Kier molecular flexibility index (Phi) is 6.37. The third-order valence-electron chi connectivity index (χ3n) is 6.56. The van der Waals surface area contributed by atoms with Gasteiger partial charge in [-0.1, -0.05) is 12.1 Å². The Morgan fingerprint density at radius 3 is 2.71 bits per heavy atom. The highest BCUT2D eigenvalue weighted by Crippen LogP contribution is 2.34. The Bertz CT molecular complexity index is 1510. The van der Waals surface area contributed by atoms with Crippen molar-refractivity contribution in [2.45, 2.75) is 49.6 Å². The largest absolute Gasteiger partial charge is 0.343 e. The molecule has 2 aromatic heterocycles. The fraction of sp³-hybridized carbons (Fsp3) is 0.259. The molecule has 0 spiro atoms. The molecule has 0 saturated carbocycles. The second-order valence-electron chi connectivity index (χ2n) is 8.89. The quantitative estimate of drug-likeness (QED) is 0.414. The Morgan fingerprint density at radius 2 is 1.97 bits per heavy atom. The van der Waals surface area contributed by atoms with E-state index in [4.69, 9.17) is 0 Å². The van der Waals surface area contributed by atoms with E-state index in [1.165, 1.54) is 17.8 Å². The van der Waals surface area contributed by atoms with E-state index in [0.29, 0.717) is 32.2 Å². The molecule has 0 radical (unpaired) electrons. The van der Waals surface area contributed by atoms with Crippen LogP contribution in [0.4, 0.5) is 4.39 Å². The Labute approximate surface area is 204 Å². The van der Waals surface area contributed by atoms with Gasteiger partial charge in [-0.25, -0.2) is 17.5 Å². The predicted octanol–water partition coefficient (Wildman–Crippen LogP) is 4.52. The molecule has 0 fully saturated rings. The summed E-state index contributed by atoms with van der Waals surface area (Å²) in [5, 5.41) is 10.3. The van der Waals surface area contributed by atoms with Crippen molar-refractivity contribution in [3.63, 3.8) is 0 Å². The number of sulfonamides is 1. The van der Waals surface area contributed by atoms with Gasteiger partial charge in [-0.3, -0.25) is 4.98 Å². The van der Waals surface area contributed by atoms with Crippen LogP contribution in [0.2, 0.25) is 0 Å². The number of nitrogens with one attached hydrogen (secondary N) is 1. The van der Waals surface area contributed by atoms with Gasteiger partial charge >= 0.3 is 0 Å². The van der Waals surface area contributed by atoms with E-state index in [1.54, 1.807) is 6.20 Å². The number of aryl methyl sites for hydroxylation is 1. The van der Waals surface area contributed by atoms with Crippen LogP contribution in [0.5, 0.6) is 0 Å². The number of nitriles is 1. The lowest BCUT2D eigenvalue weighted by Crippen LogP contribution is -2.39. The monoisotopic (exact) mass is 488 g/mol. The van der Waals surface area contributed by atoms with Crippen LogP contribution in [0, 0.1) is 17.1 Å². The van der Waals surface area contributed by atoms with E-state index in [0.717, 1.165) is 46.1 Å². The highest BCUT2D eigenvalue weighted by molar-refractivity contribution is 7.89. The maximum Gasteiger partial charge on any atom is 0.240 e. The topological polar surface area (TPSA) is 87.8 Å². The summed E-state index contributed by atoms with van der Waals surface area (Å²) >= 11 is 0. The first kappa shape index (κ1) is 23.2. The highest BCUT2D eigenvalue weighted by atomic mass is 32.2. The maximum atomic E-state index is 13.3. The van der Waals surface area contributed by atoms with Crippen molar-refractivity contribution in [2.75, 3.05) is 0 Å². The molecule has 6 nitrogen and oxygen atoms in total. The lowest BCUT2D eigenvalue weighted by Gasteiger charge is -2.25. The van der Waals surface area contributed by atoms with Gasteiger partial charge < -0.3 is 4.57 Å². The molecule has 2 heterocycles. The zero-order valence-corrected chi connectivity index (χ0v) is 19.9. The van der Waals surface area contributed by atoms with E-state index >= 15 is 0 Å². The van der Waals surface area contributed by atoms with Gasteiger partial charge in [0.2, 0.25) is 10.0 Å². The SMILES string of the molecule is N#CCCn1c2c(c3cc(Cc4cccnc4)ccc31)CC(NS(=O)(=O)c1ccc(F)cc1)CC2. The van der Waals surface area contributed by atoms with Crippen LogP contribution < -0.4 is 4.72 Å². The molecular formula is C27H25FN4O2S. The van der Waals surface area contributed by atoms with Gasteiger partial charge in [0.05, 0.1) is 17.4 Å². The molecule has 4 aromatic rings. The normalized spacial score (nSPS) is 15.6. The predicted molar refractivity (Wildman–Crippen MR) is 132 cm³/mol. The van der Waals surface area contributed by atoms with Crippen molar-refractivity contribution in [3.05, 3.63) is 95.2 Å². The molecule has 1 aliphatic rings. The molecule has 5 rings (SSSR count). The third-order valence-corrected chi connectivity index (χ3v) is 8.09. The number of hydrogen-bond donors (Lipinski definition) is 1. The zero-order chi connectivity index (χ0) is 24.4. The molecule has 1 N–H and O–H groups in total. The van der Waals surface area contributed by atoms with E-state index in [2.05, 4.69) is 38.5 Å². The molecule has 0 bridgehead atoms. The van der Waals surface area contributed by atoms with Crippen LogP contribution in [0.15, 0.2) is 71.9 Å². The number of hydrogen-bond acceptors (Lipinski definition) is 4. The molecular weight excluding hydrogens is 463 g/mol. The summed E-state index contributed by atoms with van der Waals surface area (Å²) < 4.78 is 44.1. The van der Waals surface area contributed by atoms with Crippen molar-refractivity contribution in [1.82, 2.24) is 14.3 Å². The summed E-state index contributed by atoms with van der Waals surface area (Å²) in [6.07, 6.45) is 6.70. The highest BCUT2D eigenvalue weighted by Gasteiger charge is 2.28. The van der Waals surface area contributed by atoms with E-state index < -0.39 is 15.8 Å². The molecule has 0 aliphatic heterocycles. The molecule has 2 aromatic carbocycles. The number of benzene rings is 2. The summed E-state index contributed by atoms with van der Waals surface area (Å²) in [6.45, 7) is 0.607. The second-order valence-corrected chi connectivity index (χ2v) is 10.6. The average molecular weight is 489 g/mol. The average Bonchev–Trinajstić information content (AvgIpc) is 3.15. The minimum Gasteiger partial charge on any atom is -0.343 e. The number of halogens is 1. The van der Waals surface area contributed by atoms with Gasteiger partial charge in [0.1, 0.15) is 5.82 Å².